The Morgan fingerprint density at radius 1 is 1.38 bits per heavy atom. The zero-order chi connectivity index (χ0) is 15.8. The van der Waals surface area contributed by atoms with E-state index in [1.807, 2.05) is 0 Å². The number of carbonyl (C=O) groups is 2. The zero-order valence-electron chi connectivity index (χ0n) is 12.1. The quantitative estimate of drug-likeness (QED) is 0.644. The average Bonchev–Trinajstić information content (AvgIpc) is 2.44. The fourth-order valence-corrected chi connectivity index (χ4v) is 1.93. The van der Waals surface area contributed by atoms with Gasteiger partial charge in [-0.25, -0.2) is 9.18 Å². The molecular weight excluding hydrogens is 273 g/mol. The van der Waals surface area contributed by atoms with E-state index in [0.717, 1.165) is 0 Å². The van der Waals surface area contributed by atoms with Crippen LogP contribution in [0.4, 0.5) is 4.39 Å². The van der Waals surface area contributed by atoms with E-state index in [4.69, 9.17) is 11.2 Å². The minimum atomic E-state index is -0.825. The highest BCUT2D eigenvalue weighted by atomic mass is 19.1. The van der Waals surface area contributed by atoms with Crippen molar-refractivity contribution in [3.8, 4) is 12.3 Å². The second-order valence-electron chi connectivity index (χ2n) is 4.51. The first-order valence-electron chi connectivity index (χ1n) is 6.63. The molecule has 1 aromatic rings. The van der Waals surface area contributed by atoms with E-state index in [2.05, 4.69) is 11.2 Å². The molecule has 0 radical (unpaired) electrons. The molecule has 0 bridgehead atoms. The lowest BCUT2D eigenvalue weighted by molar-refractivity contribution is -0.147. The Bertz CT molecular complexity index is 533. The SMILES string of the molecule is C#C[C@H](C[C@@H](NC(C)=O)C(=O)OCC)c1ccc(F)cc1. The Morgan fingerprint density at radius 3 is 2.48 bits per heavy atom. The van der Waals surface area contributed by atoms with E-state index in [1.54, 1.807) is 19.1 Å². The van der Waals surface area contributed by atoms with Gasteiger partial charge in [0, 0.05) is 12.8 Å². The number of hydrogen-bond acceptors (Lipinski definition) is 3. The largest absolute Gasteiger partial charge is 0.464 e. The van der Waals surface area contributed by atoms with Crippen LogP contribution in [0.2, 0.25) is 0 Å². The van der Waals surface area contributed by atoms with E-state index in [0.29, 0.717) is 5.56 Å². The van der Waals surface area contributed by atoms with Crippen LogP contribution in [0.3, 0.4) is 0 Å². The second-order valence-corrected chi connectivity index (χ2v) is 4.51. The number of benzene rings is 1. The standard InChI is InChI=1S/C16H18FNO3/c1-4-12(13-6-8-14(17)9-7-13)10-15(18-11(3)19)16(20)21-5-2/h1,6-9,12,15H,5,10H2,2-3H3,(H,18,19)/t12-,15-/m1/s1. The number of nitrogens with one attached hydrogen (secondary N) is 1. The lowest BCUT2D eigenvalue weighted by atomic mass is 9.92. The predicted molar refractivity (Wildman–Crippen MR) is 76.8 cm³/mol. The van der Waals surface area contributed by atoms with Gasteiger partial charge in [-0.2, -0.15) is 0 Å². The number of amides is 1. The van der Waals surface area contributed by atoms with Crippen molar-refractivity contribution in [1.82, 2.24) is 5.32 Å². The molecule has 0 fully saturated rings. The minimum Gasteiger partial charge on any atom is -0.464 e. The first kappa shape index (κ1) is 16.7. The van der Waals surface area contributed by atoms with Gasteiger partial charge in [0.1, 0.15) is 11.9 Å². The summed E-state index contributed by atoms with van der Waals surface area (Å²) in [5, 5.41) is 2.53. The molecular formula is C16H18FNO3. The molecule has 4 nitrogen and oxygen atoms in total. The molecule has 0 heterocycles. The molecule has 0 aliphatic carbocycles. The van der Waals surface area contributed by atoms with Gasteiger partial charge >= 0.3 is 5.97 Å². The van der Waals surface area contributed by atoms with Crippen LogP contribution in [0.5, 0.6) is 0 Å². The monoisotopic (exact) mass is 291 g/mol. The van der Waals surface area contributed by atoms with Gasteiger partial charge in [0.15, 0.2) is 0 Å². The number of hydrogen-bond donors (Lipinski definition) is 1. The van der Waals surface area contributed by atoms with E-state index >= 15 is 0 Å². The van der Waals surface area contributed by atoms with Crippen LogP contribution in [0.15, 0.2) is 24.3 Å². The number of carbonyl (C=O) groups excluding carboxylic acids is 2. The maximum Gasteiger partial charge on any atom is 0.328 e. The summed E-state index contributed by atoms with van der Waals surface area (Å²) in [6, 6.07) is 4.91. The van der Waals surface area contributed by atoms with Crippen molar-refractivity contribution in [3.63, 3.8) is 0 Å². The van der Waals surface area contributed by atoms with Crippen molar-refractivity contribution in [1.29, 1.82) is 0 Å². The van der Waals surface area contributed by atoms with Crippen molar-refractivity contribution in [2.75, 3.05) is 6.61 Å². The summed E-state index contributed by atoms with van der Waals surface area (Å²) in [6.07, 6.45) is 5.68. The Balaban J connectivity index is 2.88. The lowest BCUT2D eigenvalue weighted by Gasteiger charge is -2.20. The molecule has 1 amide bonds. The first-order valence-corrected chi connectivity index (χ1v) is 6.63. The smallest absolute Gasteiger partial charge is 0.328 e. The molecule has 0 aliphatic rings. The second kappa shape index (κ2) is 8.05. The van der Waals surface area contributed by atoms with Gasteiger partial charge in [-0.1, -0.05) is 18.1 Å². The Morgan fingerprint density at radius 2 is 2.00 bits per heavy atom. The summed E-state index contributed by atoms with van der Waals surface area (Å²) in [5.74, 6) is 0.893. The maximum absolute atomic E-state index is 12.9. The fraction of sp³-hybridized carbons (Fsp3) is 0.375. The van der Waals surface area contributed by atoms with Crippen molar-refractivity contribution in [2.24, 2.45) is 0 Å². The first-order chi connectivity index (χ1) is 9.97. The molecule has 5 heteroatoms. The normalized spacial score (nSPS) is 12.9. The molecule has 2 atom stereocenters. The van der Waals surface area contributed by atoms with Crippen LogP contribution in [0.25, 0.3) is 0 Å². The van der Waals surface area contributed by atoms with E-state index in [1.165, 1.54) is 19.1 Å². The summed E-state index contributed by atoms with van der Waals surface area (Å²) in [6.45, 7) is 3.21. The van der Waals surface area contributed by atoms with Crippen LogP contribution >= 0.6 is 0 Å². The molecule has 1 aromatic carbocycles. The van der Waals surface area contributed by atoms with Crippen LogP contribution in [-0.4, -0.2) is 24.5 Å². The lowest BCUT2D eigenvalue weighted by Crippen LogP contribution is -2.41. The maximum atomic E-state index is 12.9. The molecule has 112 valence electrons. The molecule has 1 rings (SSSR count). The van der Waals surface area contributed by atoms with Crippen LogP contribution in [0.1, 0.15) is 31.7 Å². The van der Waals surface area contributed by atoms with Crippen LogP contribution in [-0.2, 0) is 14.3 Å². The summed E-state index contributed by atoms with van der Waals surface area (Å²) in [7, 11) is 0. The zero-order valence-corrected chi connectivity index (χ0v) is 12.1. The third-order valence-corrected chi connectivity index (χ3v) is 2.89. The fourth-order valence-electron chi connectivity index (χ4n) is 1.93. The highest BCUT2D eigenvalue weighted by Crippen LogP contribution is 2.21. The number of halogens is 1. The molecule has 0 aliphatic heterocycles. The Kier molecular flexibility index (Phi) is 6.41. The van der Waals surface area contributed by atoms with Gasteiger partial charge in [-0.05, 0) is 31.0 Å². The van der Waals surface area contributed by atoms with Crippen LogP contribution < -0.4 is 5.32 Å². The summed E-state index contributed by atoms with van der Waals surface area (Å²) in [5.41, 5.74) is 0.707. The van der Waals surface area contributed by atoms with Gasteiger partial charge in [0.25, 0.3) is 0 Å². The third-order valence-electron chi connectivity index (χ3n) is 2.89. The van der Waals surface area contributed by atoms with Gasteiger partial charge in [0.05, 0.1) is 6.61 Å². The molecule has 0 aromatic heterocycles. The molecule has 0 unspecified atom stereocenters. The van der Waals surface area contributed by atoms with Gasteiger partial charge in [-0.3, -0.25) is 4.79 Å². The molecule has 0 saturated heterocycles. The van der Waals surface area contributed by atoms with Crippen LogP contribution in [0, 0.1) is 18.2 Å². The number of ether oxygens (including phenoxy) is 1. The number of rotatable bonds is 6. The van der Waals surface area contributed by atoms with Gasteiger partial charge in [0.2, 0.25) is 5.91 Å². The summed E-state index contributed by atoms with van der Waals surface area (Å²) < 4.78 is 17.9. The highest BCUT2D eigenvalue weighted by molar-refractivity contribution is 5.83. The number of terminal acetylenes is 1. The minimum absolute atomic E-state index is 0.195. The average molecular weight is 291 g/mol. The van der Waals surface area contributed by atoms with E-state index in [-0.39, 0.29) is 24.8 Å². The van der Waals surface area contributed by atoms with Crippen molar-refractivity contribution in [3.05, 3.63) is 35.6 Å². The third kappa shape index (κ3) is 5.27. The summed E-state index contributed by atoms with van der Waals surface area (Å²) in [4.78, 5) is 23.0. The van der Waals surface area contributed by atoms with Gasteiger partial charge in [-0.15, -0.1) is 6.42 Å². The van der Waals surface area contributed by atoms with Crippen molar-refractivity contribution >= 4 is 11.9 Å². The van der Waals surface area contributed by atoms with E-state index < -0.39 is 17.9 Å². The molecule has 0 spiro atoms. The topological polar surface area (TPSA) is 55.4 Å². The predicted octanol–water partition coefficient (Wildman–Crippen LogP) is 2.00. The highest BCUT2D eigenvalue weighted by Gasteiger charge is 2.25. The van der Waals surface area contributed by atoms with Crippen molar-refractivity contribution in [2.45, 2.75) is 32.2 Å². The van der Waals surface area contributed by atoms with E-state index in [9.17, 15) is 14.0 Å². The van der Waals surface area contributed by atoms with Gasteiger partial charge < -0.3 is 10.1 Å². The Hall–Kier alpha value is -2.35. The molecule has 21 heavy (non-hydrogen) atoms. The molecule has 1 N–H and O–H groups in total. The Labute approximate surface area is 123 Å². The number of esters is 1. The van der Waals surface area contributed by atoms with Crippen molar-refractivity contribution < 1.29 is 18.7 Å². The molecule has 0 saturated carbocycles. The summed E-state index contributed by atoms with van der Waals surface area (Å²) >= 11 is 0.